The number of carboxylic acid groups (broad SMARTS) is 1. The molecule has 0 aliphatic heterocycles. The van der Waals surface area contributed by atoms with Crippen LogP contribution in [0.15, 0.2) is 12.2 Å². The Kier molecular flexibility index (Phi) is 13.6. The third kappa shape index (κ3) is 11.9. The van der Waals surface area contributed by atoms with Crippen LogP contribution < -0.4 is 34.6 Å². The SMILES string of the molecule is C/C=C/CC(O)CNCCNC(C)C(=O)[O-].[Li+]. The van der Waals surface area contributed by atoms with Gasteiger partial charge in [0.25, 0.3) is 0 Å². The molecule has 17 heavy (non-hydrogen) atoms. The molecular weight excluding hydrogens is 215 g/mol. The summed E-state index contributed by atoms with van der Waals surface area (Å²) in [5.41, 5.74) is 0. The molecule has 2 atom stereocenters. The van der Waals surface area contributed by atoms with Crippen molar-refractivity contribution in [1.82, 2.24) is 10.6 Å². The van der Waals surface area contributed by atoms with Crippen LogP contribution >= 0.6 is 0 Å². The molecule has 94 valence electrons. The second-order valence-electron chi connectivity index (χ2n) is 3.66. The Balaban J connectivity index is 0. The molecule has 6 heteroatoms. The van der Waals surface area contributed by atoms with E-state index < -0.39 is 18.1 Å². The van der Waals surface area contributed by atoms with Crippen molar-refractivity contribution in [3.05, 3.63) is 12.2 Å². The molecule has 0 fully saturated rings. The summed E-state index contributed by atoms with van der Waals surface area (Å²) in [5.74, 6) is -1.10. The van der Waals surface area contributed by atoms with Crippen LogP contribution in [-0.2, 0) is 4.79 Å². The number of carboxylic acids is 1. The number of rotatable bonds is 9. The zero-order valence-corrected chi connectivity index (χ0v) is 10.9. The number of aliphatic carboxylic acids is 1. The maximum atomic E-state index is 10.3. The molecule has 0 aromatic rings. The van der Waals surface area contributed by atoms with Crippen molar-refractivity contribution >= 4 is 5.97 Å². The van der Waals surface area contributed by atoms with E-state index in [4.69, 9.17) is 0 Å². The fourth-order valence-corrected chi connectivity index (χ4v) is 1.11. The number of carbonyl (C=O) groups is 1. The minimum absolute atomic E-state index is 0. The van der Waals surface area contributed by atoms with E-state index >= 15 is 0 Å². The van der Waals surface area contributed by atoms with Crippen LogP contribution in [0.5, 0.6) is 0 Å². The molecule has 3 N–H and O–H groups in total. The van der Waals surface area contributed by atoms with Crippen molar-refractivity contribution in [2.75, 3.05) is 19.6 Å². The van der Waals surface area contributed by atoms with E-state index in [-0.39, 0.29) is 18.9 Å². The summed E-state index contributed by atoms with van der Waals surface area (Å²) in [4.78, 5) is 10.3. The zero-order valence-electron chi connectivity index (χ0n) is 10.9. The van der Waals surface area contributed by atoms with E-state index in [1.807, 2.05) is 19.1 Å². The summed E-state index contributed by atoms with van der Waals surface area (Å²) in [6, 6.07) is -0.644. The van der Waals surface area contributed by atoms with Gasteiger partial charge in [0.15, 0.2) is 0 Å². The largest absolute Gasteiger partial charge is 1.00 e. The van der Waals surface area contributed by atoms with Crippen molar-refractivity contribution in [1.29, 1.82) is 0 Å². The molecule has 0 rings (SSSR count). The maximum Gasteiger partial charge on any atom is 1.00 e. The van der Waals surface area contributed by atoms with Gasteiger partial charge in [-0.05, 0) is 20.3 Å². The van der Waals surface area contributed by atoms with Crippen LogP contribution in [0.4, 0.5) is 0 Å². The molecule has 0 amide bonds. The van der Waals surface area contributed by atoms with E-state index in [1.165, 1.54) is 6.92 Å². The van der Waals surface area contributed by atoms with Gasteiger partial charge in [0.05, 0.1) is 12.1 Å². The molecule has 0 aromatic carbocycles. The van der Waals surface area contributed by atoms with Gasteiger partial charge in [-0.15, -0.1) is 0 Å². The van der Waals surface area contributed by atoms with Gasteiger partial charge in [0.1, 0.15) is 0 Å². The molecule has 2 unspecified atom stereocenters. The first-order valence-corrected chi connectivity index (χ1v) is 5.52. The number of hydrogen-bond donors (Lipinski definition) is 3. The first-order chi connectivity index (χ1) is 7.57. The number of nitrogens with one attached hydrogen (secondary N) is 2. The Morgan fingerprint density at radius 3 is 2.65 bits per heavy atom. The van der Waals surface area contributed by atoms with Gasteiger partial charge in [-0.3, -0.25) is 0 Å². The normalized spacial score (nSPS) is 14.3. The first kappa shape index (κ1) is 19.0. The van der Waals surface area contributed by atoms with Crippen molar-refractivity contribution in [2.45, 2.75) is 32.4 Å². The Hall–Kier alpha value is -0.313. The van der Waals surface area contributed by atoms with Gasteiger partial charge in [0, 0.05) is 25.7 Å². The summed E-state index contributed by atoms with van der Waals surface area (Å²) >= 11 is 0. The van der Waals surface area contributed by atoms with Crippen molar-refractivity contribution in [3.8, 4) is 0 Å². The average molecular weight is 236 g/mol. The number of carbonyl (C=O) groups excluding carboxylic acids is 1. The predicted octanol–water partition coefficient (Wildman–Crippen LogP) is -4.36. The Labute approximate surface area is 115 Å². The van der Waals surface area contributed by atoms with Crippen molar-refractivity contribution in [2.24, 2.45) is 0 Å². The molecule has 0 aliphatic rings. The number of allylic oxidation sites excluding steroid dienone is 1. The predicted molar refractivity (Wildman–Crippen MR) is 60.8 cm³/mol. The standard InChI is InChI=1S/C11H22N2O3.Li/c1-3-4-5-10(14)8-12-6-7-13-9(2)11(15)16;/h3-4,9-10,12-14H,5-8H2,1-2H3,(H,15,16);/q;+1/p-1/b4-3+;. The Morgan fingerprint density at radius 1 is 1.47 bits per heavy atom. The third-order valence-electron chi connectivity index (χ3n) is 2.13. The molecule has 0 saturated carbocycles. The van der Waals surface area contributed by atoms with E-state index in [9.17, 15) is 15.0 Å². The van der Waals surface area contributed by atoms with Crippen LogP contribution in [0, 0.1) is 0 Å². The fourth-order valence-electron chi connectivity index (χ4n) is 1.11. The number of aliphatic hydroxyl groups excluding tert-OH is 1. The topological polar surface area (TPSA) is 84.4 Å². The monoisotopic (exact) mass is 236 g/mol. The van der Waals surface area contributed by atoms with Gasteiger partial charge in [-0.2, -0.15) is 0 Å². The molecule has 0 aliphatic carbocycles. The summed E-state index contributed by atoms with van der Waals surface area (Å²) in [7, 11) is 0. The summed E-state index contributed by atoms with van der Waals surface area (Å²) < 4.78 is 0. The summed E-state index contributed by atoms with van der Waals surface area (Å²) in [6.07, 6.45) is 4.04. The third-order valence-corrected chi connectivity index (χ3v) is 2.13. The molecule has 0 radical (unpaired) electrons. The summed E-state index contributed by atoms with van der Waals surface area (Å²) in [5, 5.41) is 25.6. The van der Waals surface area contributed by atoms with Crippen LogP contribution in [0.3, 0.4) is 0 Å². The fraction of sp³-hybridized carbons (Fsp3) is 0.727. The molecule has 0 heterocycles. The van der Waals surface area contributed by atoms with Gasteiger partial charge in [-0.1, -0.05) is 12.2 Å². The van der Waals surface area contributed by atoms with Gasteiger partial charge < -0.3 is 25.6 Å². The van der Waals surface area contributed by atoms with E-state index in [0.29, 0.717) is 26.1 Å². The van der Waals surface area contributed by atoms with Crippen LogP contribution in [-0.4, -0.2) is 42.9 Å². The van der Waals surface area contributed by atoms with E-state index in [0.717, 1.165) is 0 Å². The molecule has 5 nitrogen and oxygen atoms in total. The molecule has 0 saturated heterocycles. The zero-order chi connectivity index (χ0) is 12.4. The molecule has 0 spiro atoms. The number of aliphatic hydroxyl groups is 1. The molecule has 0 bridgehead atoms. The van der Waals surface area contributed by atoms with Gasteiger partial charge >= 0.3 is 18.9 Å². The van der Waals surface area contributed by atoms with Gasteiger partial charge in [-0.25, -0.2) is 0 Å². The van der Waals surface area contributed by atoms with Crippen LogP contribution in [0.2, 0.25) is 0 Å². The van der Waals surface area contributed by atoms with Crippen molar-refractivity contribution in [3.63, 3.8) is 0 Å². The van der Waals surface area contributed by atoms with Crippen LogP contribution in [0.25, 0.3) is 0 Å². The average Bonchev–Trinajstić information content (AvgIpc) is 2.25. The minimum atomic E-state index is -1.10. The van der Waals surface area contributed by atoms with Crippen LogP contribution in [0.1, 0.15) is 20.3 Å². The molecule has 0 aromatic heterocycles. The second-order valence-corrected chi connectivity index (χ2v) is 3.66. The van der Waals surface area contributed by atoms with E-state index in [1.54, 1.807) is 0 Å². The Morgan fingerprint density at radius 2 is 2.12 bits per heavy atom. The van der Waals surface area contributed by atoms with Crippen molar-refractivity contribution < 1.29 is 33.9 Å². The number of hydrogen-bond acceptors (Lipinski definition) is 5. The minimum Gasteiger partial charge on any atom is -0.548 e. The van der Waals surface area contributed by atoms with E-state index in [2.05, 4.69) is 10.6 Å². The Bertz CT molecular complexity index is 225. The molecular formula is C11H21LiN2O3. The smallest absolute Gasteiger partial charge is 0.548 e. The quantitative estimate of drug-likeness (QED) is 0.214. The second kappa shape index (κ2) is 12.2. The summed E-state index contributed by atoms with van der Waals surface area (Å²) in [6.45, 7) is 5.10. The van der Waals surface area contributed by atoms with Gasteiger partial charge in [0.2, 0.25) is 0 Å². The maximum absolute atomic E-state index is 10.3. The first-order valence-electron chi connectivity index (χ1n) is 5.52.